The smallest absolute Gasteiger partial charge is 0.359 e. The van der Waals surface area contributed by atoms with Gasteiger partial charge in [0.25, 0.3) is 0 Å². The molecule has 1 rings (SSSR count). The molecule has 0 amide bonds. The first-order valence-corrected chi connectivity index (χ1v) is 5.14. The molecule has 1 saturated heterocycles. The molecule has 0 radical (unpaired) electrons. The highest BCUT2D eigenvalue weighted by Gasteiger charge is 2.49. The minimum atomic E-state index is -1.49. The number of esters is 4. The van der Waals surface area contributed by atoms with Gasteiger partial charge in [0.1, 0.15) is 0 Å². The van der Waals surface area contributed by atoms with Crippen molar-refractivity contribution in [1.29, 1.82) is 0 Å². The van der Waals surface area contributed by atoms with Crippen LogP contribution in [0.1, 0.15) is 26.7 Å². The first-order chi connectivity index (χ1) is 7.99. The van der Waals surface area contributed by atoms with E-state index in [4.69, 9.17) is 0 Å². The predicted octanol–water partition coefficient (Wildman–Crippen LogP) is -0.287. The Labute approximate surface area is 97.0 Å². The molecule has 94 valence electrons. The molecule has 0 spiro atoms. The maximum Gasteiger partial charge on any atom is 0.359 e. The number of cyclic esters (lactones) is 2. The number of carbonyl (C=O) groups is 4. The highest BCUT2D eigenvalue weighted by Crippen LogP contribution is 2.18. The molecule has 7 nitrogen and oxygen atoms in total. The molecule has 0 saturated carbocycles. The summed E-state index contributed by atoms with van der Waals surface area (Å²) in [5.74, 6) is -3.41. The van der Waals surface area contributed by atoms with Gasteiger partial charge in [-0.15, -0.1) is 0 Å². The lowest BCUT2D eigenvalue weighted by Gasteiger charge is -2.14. The maximum atomic E-state index is 11.2. The van der Waals surface area contributed by atoms with Crippen LogP contribution in [0.15, 0.2) is 0 Å². The Kier molecular flexibility index (Phi) is 4.19. The molecule has 0 aromatic carbocycles. The summed E-state index contributed by atoms with van der Waals surface area (Å²) in [5, 5.41) is 0. The molecule has 2 atom stereocenters. The second-order valence-corrected chi connectivity index (χ2v) is 3.27. The van der Waals surface area contributed by atoms with E-state index in [1.807, 2.05) is 0 Å². The number of carbonyl (C=O) groups excluding carboxylic acids is 4. The molecule has 0 aromatic heterocycles. The first-order valence-electron chi connectivity index (χ1n) is 5.14. The van der Waals surface area contributed by atoms with Crippen molar-refractivity contribution in [2.75, 3.05) is 0 Å². The highest BCUT2D eigenvalue weighted by molar-refractivity contribution is 6.01. The van der Waals surface area contributed by atoms with E-state index < -0.39 is 36.1 Å². The first kappa shape index (κ1) is 13.1. The number of rotatable bonds is 4. The lowest BCUT2D eigenvalue weighted by Crippen LogP contribution is -2.37. The maximum absolute atomic E-state index is 11.2. The van der Waals surface area contributed by atoms with Crippen LogP contribution in [0.25, 0.3) is 0 Å². The van der Waals surface area contributed by atoms with Crippen molar-refractivity contribution < 1.29 is 33.4 Å². The number of ether oxygens (including phenoxy) is 3. The molecular weight excluding hydrogens is 232 g/mol. The molecule has 1 fully saturated rings. The summed E-state index contributed by atoms with van der Waals surface area (Å²) in [4.78, 5) is 44.5. The van der Waals surface area contributed by atoms with Crippen LogP contribution >= 0.6 is 0 Å². The Balaban J connectivity index is 2.76. The summed E-state index contributed by atoms with van der Waals surface area (Å²) < 4.78 is 13.6. The van der Waals surface area contributed by atoms with Crippen LogP contribution in [0.4, 0.5) is 0 Å². The zero-order valence-corrected chi connectivity index (χ0v) is 9.43. The Morgan fingerprint density at radius 1 is 1.00 bits per heavy atom. The SMILES string of the molecule is CCC(=O)OC1C(=O)OC(=O)C1OC(=O)CC. The Morgan fingerprint density at radius 3 is 1.65 bits per heavy atom. The number of hydrogen-bond acceptors (Lipinski definition) is 7. The van der Waals surface area contributed by atoms with Crippen LogP contribution in [0.3, 0.4) is 0 Å². The molecule has 0 N–H and O–H groups in total. The van der Waals surface area contributed by atoms with Crippen LogP contribution in [0, 0.1) is 0 Å². The second-order valence-electron chi connectivity index (χ2n) is 3.27. The van der Waals surface area contributed by atoms with Crippen molar-refractivity contribution in [2.24, 2.45) is 0 Å². The van der Waals surface area contributed by atoms with Crippen LogP contribution in [-0.2, 0) is 33.4 Å². The second kappa shape index (κ2) is 5.42. The molecule has 0 bridgehead atoms. The molecule has 1 aliphatic heterocycles. The van der Waals surface area contributed by atoms with E-state index in [0.717, 1.165) is 0 Å². The standard InChI is InChI=1S/C10H12O7/c1-3-5(11)15-7-8(16-6(12)4-2)10(14)17-9(7)13/h7-8H,3-4H2,1-2H3. The monoisotopic (exact) mass is 244 g/mol. The Hall–Kier alpha value is -1.92. The van der Waals surface area contributed by atoms with Gasteiger partial charge in [-0.1, -0.05) is 13.8 Å². The predicted molar refractivity (Wildman–Crippen MR) is 51.4 cm³/mol. The van der Waals surface area contributed by atoms with Crippen molar-refractivity contribution >= 4 is 23.9 Å². The molecule has 1 aliphatic rings. The van der Waals surface area contributed by atoms with Gasteiger partial charge < -0.3 is 14.2 Å². The van der Waals surface area contributed by atoms with Gasteiger partial charge in [-0.05, 0) is 0 Å². The van der Waals surface area contributed by atoms with Gasteiger partial charge >= 0.3 is 23.9 Å². The van der Waals surface area contributed by atoms with Gasteiger partial charge in [-0.25, -0.2) is 9.59 Å². The van der Waals surface area contributed by atoms with E-state index >= 15 is 0 Å². The van der Waals surface area contributed by atoms with Gasteiger partial charge in [-0.2, -0.15) is 0 Å². The summed E-state index contributed by atoms with van der Waals surface area (Å²) in [6.07, 6.45) is -2.92. The summed E-state index contributed by atoms with van der Waals surface area (Å²) in [7, 11) is 0. The lowest BCUT2D eigenvalue weighted by molar-refractivity contribution is -0.169. The van der Waals surface area contributed by atoms with E-state index in [0.29, 0.717) is 0 Å². The van der Waals surface area contributed by atoms with E-state index in [9.17, 15) is 19.2 Å². The van der Waals surface area contributed by atoms with Crippen LogP contribution in [0.2, 0.25) is 0 Å². The summed E-state index contributed by atoms with van der Waals surface area (Å²) >= 11 is 0. The van der Waals surface area contributed by atoms with Crippen LogP contribution in [-0.4, -0.2) is 36.1 Å². The van der Waals surface area contributed by atoms with Crippen LogP contribution < -0.4 is 0 Å². The van der Waals surface area contributed by atoms with Crippen molar-refractivity contribution in [3.63, 3.8) is 0 Å². The third kappa shape index (κ3) is 3.02. The average molecular weight is 244 g/mol. The van der Waals surface area contributed by atoms with E-state index in [2.05, 4.69) is 14.2 Å². The fraction of sp³-hybridized carbons (Fsp3) is 0.600. The van der Waals surface area contributed by atoms with Gasteiger partial charge in [0.15, 0.2) is 0 Å². The van der Waals surface area contributed by atoms with Gasteiger partial charge in [0.05, 0.1) is 0 Å². The van der Waals surface area contributed by atoms with Crippen molar-refractivity contribution in [3.05, 3.63) is 0 Å². The minimum Gasteiger partial charge on any atom is -0.446 e. The Bertz CT molecular complexity index is 326. The third-order valence-corrected chi connectivity index (χ3v) is 2.03. The lowest BCUT2D eigenvalue weighted by atomic mass is 10.2. The molecule has 0 aliphatic carbocycles. The van der Waals surface area contributed by atoms with E-state index in [1.54, 1.807) is 0 Å². The third-order valence-electron chi connectivity index (χ3n) is 2.03. The zero-order valence-electron chi connectivity index (χ0n) is 9.43. The van der Waals surface area contributed by atoms with Crippen molar-refractivity contribution in [3.8, 4) is 0 Å². The normalized spacial score (nSPS) is 23.2. The van der Waals surface area contributed by atoms with E-state index in [-0.39, 0.29) is 12.8 Å². The van der Waals surface area contributed by atoms with Crippen molar-refractivity contribution in [2.45, 2.75) is 38.9 Å². The molecule has 7 heteroatoms. The Morgan fingerprint density at radius 2 is 1.35 bits per heavy atom. The van der Waals surface area contributed by atoms with Gasteiger partial charge in [0.2, 0.25) is 12.2 Å². The zero-order chi connectivity index (χ0) is 13.0. The van der Waals surface area contributed by atoms with Crippen molar-refractivity contribution in [1.82, 2.24) is 0 Å². The molecular formula is C10H12O7. The average Bonchev–Trinajstić information content (AvgIpc) is 2.55. The molecule has 0 aromatic rings. The topological polar surface area (TPSA) is 96.0 Å². The largest absolute Gasteiger partial charge is 0.446 e. The molecule has 17 heavy (non-hydrogen) atoms. The van der Waals surface area contributed by atoms with Crippen LogP contribution in [0.5, 0.6) is 0 Å². The number of hydrogen-bond donors (Lipinski definition) is 0. The van der Waals surface area contributed by atoms with E-state index in [1.165, 1.54) is 13.8 Å². The minimum absolute atomic E-state index is 0.0341. The summed E-state index contributed by atoms with van der Waals surface area (Å²) in [6.45, 7) is 3.05. The highest BCUT2D eigenvalue weighted by atomic mass is 16.7. The molecule has 1 heterocycles. The fourth-order valence-corrected chi connectivity index (χ4v) is 1.13. The van der Waals surface area contributed by atoms with Gasteiger partial charge in [0, 0.05) is 12.8 Å². The fourth-order valence-electron chi connectivity index (χ4n) is 1.13. The quantitative estimate of drug-likeness (QED) is 0.381. The molecule has 2 unspecified atom stereocenters. The summed E-state index contributed by atoms with van der Waals surface area (Å²) in [6, 6.07) is 0. The summed E-state index contributed by atoms with van der Waals surface area (Å²) in [5.41, 5.74) is 0. The van der Waals surface area contributed by atoms with Gasteiger partial charge in [-0.3, -0.25) is 9.59 Å².